The number of amides is 2. The molecule has 0 saturated carbocycles. The molecular weight excluding hydrogens is 677 g/mol. The van der Waals surface area contributed by atoms with E-state index in [4.69, 9.17) is 27.5 Å². The molecule has 1 aromatic heterocycles. The van der Waals surface area contributed by atoms with Crippen LogP contribution in [0.15, 0.2) is 59.1 Å². The predicted molar refractivity (Wildman–Crippen MR) is 173 cm³/mol. The Labute approximate surface area is 278 Å². The van der Waals surface area contributed by atoms with Crippen molar-refractivity contribution in [2.75, 3.05) is 22.6 Å². The number of rotatable bonds is 13. The summed E-state index contributed by atoms with van der Waals surface area (Å²) in [5.41, 5.74) is 5.16. The van der Waals surface area contributed by atoms with E-state index in [2.05, 4.69) is 26.5 Å². The van der Waals surface area contributed by atoms with Gasteiger partial charge < -0.3 is 21.3 Å². The van der Waals surface area contributed by atoms with Crippen molar-refractivity contribution in [2.45, 2.75) is 44.7 Å². The fourth-order valence-electron chi connectivity index (χ4n) is 4.20. The zero-order valence-electron chi connectivity index (χ0n) is 25.2. The number of anilines is 2. The number of carbonyl (C=O) groups excluding carboxylic acids is 2. The quantitative estimate of drug-likeness (QED) is 0.120. The predicted octanol–water partition coefficient (Wildman–Crippen LogP) is 6.11. The van der Waals surface area contributed by atoms with Crippen LogP contribution < -0.4 is 11.1 Å². The maximum Gasteiger partial charge on any atom is 0.417 e. The van der Waals surface area contributed by atoms with E-state index < -0.39 is 50.2 Å². The van der Waals surface area contributed by atoms with Gasteiger partial charge in [-0.25, -0.2) is 9.19 Å². The highest BCUT2D eigenvalue weighted by Gasteiger charge is 2.33. The number of unbranched alkanes of at least 4 members (excludes halogenated alkanes) is 2. The number of halogens is 4. The van der Waals surface area contributed by atoms with Crippen molar-refractivity contribution in [3.8, 4) is 11.8 Å². The van der Waals surface area contributed by atoms with Crippen molar-refractivity contribution in [2.24, 2.45) is 4.36 Å². The number of pyridine rings is 1. The Morgan fingerprint density at radius 2 is 1.56 bits per heavy atom. The molecule has 16 heteroatoms. The number of benzene rings is 2. The van der Waals surface area contributed by atoms with Gasteiger partial charge in [-0.3, -0.25) is 19.2 Å². The van der Waals surface area contributed by atoms with Crippen molar-refractivity contribution < 1.29 is 46.8 Å². The second-order valence-corrected chi connectivity index (χ2v) is 13.4. The first-order chi connectivity index (χ1) is 22.6. The van der Waals surface area contributed by atoms with Gasteiger partial charge in [0.15, 0.2) is 0 Å². The van der Waals surface area contributed by atoms with Gasteiger partial charge in [-0.05, 0) is 68.1 Å². The molecule has 0 spiro atoms. The lowest BCUT2D eigenvalue weighted by atomic mass is 10.1. The first kappa shape index (κ1) is 37.5. The Bertz CT molecular complexity index is 1870. The monoisotopic (exact) mass is 706 g/mol. The molecule has 1 heterocycles. The van der Waals surface area contributed by atoms with Crippen molar-refractivity contribution in [3.05, 3.63) is 87.6 Å². The van der Waals surface area contributed by atoms with Gasteiger partial charge in [0.2, 0.25) is 0 Å². The van der Waals surface area contributed by atoms with Crippen LogP contribution in [-0.2, 0) is 25.5 Å². The lowest BCUT2D eigenvalue weighted by Gasteiger charge is -2.12. The molecule has 0 aliphatic rings. The van der Waals surface area contributed by atoms with E-state index in [0.29, 0.717) is 5.56 Å². The van der Waals surface area contributed by atoms with Gasteiger partial charge in [-0.2, -0.15) is 17.5 Å². The summed E-state index contributed by atoms with van der Waals surface area (Å²) in [4.78, 5) is 51.5. The Hall–Kier alpha value is -4.94. The van der Waals surface area contributed by atoms with Crippen molar-refractivity contribution in [1.82, 2.24) is 4.98 Å². The third-order valence-electron chi connectivity index (χ3n) is 6.62. The molecule has 0 unspecified atom stereocenters. The van der Waals surface area contributed by atoms with Crippen LogP contribution in [0.4, 0.5) is 24.7 Å². The highest BCUT2D eigenvalue weighted by atomic mass is 35.5. The average molecular weight is 707 g/mol. The number of aliphatic carboxylic acids is 2. The fourth-order valence-corrected chi connectivity index (χ4v) is 6.53. The van der Waals surface area contributed by atoms with E-state index in [9.17, 15) is 36.6 Å². The Morgan fingerprint density at radius 3 is 2.17 bits per heavy atom. The van der Waals surface area contributed by atoms with E-state index >= 15 is 0 Å². The summed E-state index contributed by atoms with van der Waals surface area (Å²) in [5, 5.41) is 19.6. The van der Waals surface area contributed by atoms with Crippen LogP contribution >= 0.6 is 11.6 Å². The standard InChI is InChI=1S/C32H30ClF3N4O7S/c33-26-13-12-24(18-25(26)32(34,35)36)39-30(45)22-7-5-6-20(16-22)10-11-21-17-23(19-38-29(21)37)31(46)40-48(47,14-3-1-8-27(41)42)15-4-2-9-28(43)44/h5-7,12-13,16-19H,1-4,8-9,14-15H2,(H2,37,38)(H,39,45)(H,41,42)(H,43,44). The van der Waals surface area contributed by atoms with E-state index in [1.165, 1.54) is 30.3 Å². The van der Waals surface area contributed by atoms with E-state index in [1.54, 1.807) is 6.07 Å². The number of hydrogen-bond acceptors (Lipinski definition) is 7. The number of hydrogen-bond donors (Lipinski definition) is 4. The van der Waals surface area contributed by atoms with Crippen molar-refractivity contribution in [1.29, 1.82) is 0 Å². The number of nitrogens with two attached hydrogens (primary N) is 1. The third kappa shape index (κ3) is 11.7. The Morgan fingerprint density at radius 1 is 0.917 bits per heavy atom. The van der Waals surface area contributed by atoms with Crippen LogP contribution in [0.2, 0.25) is 5.02 Å². The summed E-state index contributed by atoms with van der Waals surface area (Å²) in [5.74, 6) is 1.76. The minimum absolute atomic E-state index is 0.0424. The molecule has 2 amide bonds. The van der Waals surface area contributed by atoms with Crippen LogP contribution in [0.1, 0.15) is 75.9 Å². The van der Waals surface area contributed by atoms with Crippen LogP contribution in [0, 0.1) is 11.8 Å². The smallest absolute Gasteiger partial charge is 0.417 e. The first-order valence-corrected chi connectivity index (χ1v) is 16.6. The zero-order chi connectivity index (χ0) is 35.5. The summed E-state index contributed by atoms with van der Waals surface area (Å²) in [6.07, 6.45) is -2.99. The number of nitrogens with zero attached hydrogens (tertiary/aromatic N) is 2. The summed E-state index contributed by atoms with van der Waals surface area (Å²) >= 11 is 5.64. The lowest BCUT2D eigenvalue weighted by Crippen LogP contribution is -2.15. The van der Waals surface area contributed by atoms with Gasteiger partial charge in [0, 0.05) is 47.4 Å². The molecule has 0 bridgehead atoms. The number of carboxylic acids is 2. The van der Waals surface area contributed by atoms with Gasteiger partial charge >= 0.3 is 18.1 Å². The van der Waals surface area contributed by atoms with E-state index in [1.807, 2.05) is 0 Å². The molecule has 0 radical (unpaired) electrons. The van der Waals surface area contributed by atoms with Crippen LogP contribution in [0.25, 0.3) is 0 Å². The van der Waals surface area contributed by atoms with Gasteiger partial charge in [0.05, 0.1) is 31.4 Å². The topological polar surface area (TPSA) is 189 Å². The summed E-state index contributed by atoms with van der Waals surface area (Å²) in [7, 11) is -3.16. The summed E-state index contributed by atoms with van der Waals surface area (Å²) in [6.45, 7) is 0. The van der Waals surface area contributed by atoms with Gasteiger partial charge in [0.1, 0.15) is 5.82 Å². The van der Waals surface area contributed by atoms with Crippen molar-refractivity contribution >= 4 is 56.6 Å². The second-order valence-electron chi connectivity index (χ2n) is 10.4. The number of aromatic nitrogens is 1. The molecule has 0 fully saturated rings. The van der Waals surface area contributed by atoms with Crippen molar-refractivity contribution in [3.63, 3.8) is 0 Å². The van der Waals surface area contributed by atoms with Gasteiger partial charge in [-0.15, -0.1) is 0 Å². The number of carboxylic acid groups (broad SMARTS) is 2. The Kier molecular flexibility index (Phi) is 13.1. The van der Waals surface area contributed by atoms with Crippen LogP contribution in [0.3, 0.4) is 0 Å². The molecule has 0 aliphatic heterocycles. The van der Waals surface area contributed by atoms with Gasteiger partial charge in [0.25, 0.3) is 11.8 Å². The largest absolute Gasteiger partial charge is 0.481 e. The number of carbonyl (C=O) groups is 4. The fraction of sp³-hybridized carbons (Fsp3) is 0.281. The molecule has 3 rings (SSSR count). The number of alkyl halides is 3. The highest BCUT2D eigenvalue weighted by Crippen LogP contribution is 2.36. The first-order valence-electron chi connectivity index (χ1n) is 14.3. The summed E-state index contributed by atoms with van der Waals surface area (Å²) in [6, 6.07) is 10.2. The normalized spacial score (nSPS) is 11.2. The highest BCUT2D eigenvalue weighted by molar-refractivity contribution is 7.93. The third-order valence-corrected chi connectivity index (χ3v) is 9.30. The van der Waals surface area contributed by atoms with E-state index in [-0.39, 0.29) is 78.2 Å². The minimum atomic E-state index is -4.72. The molecule has 2 aromatic carbocycles. The molecule has 48 heavy (non-hydrogen) atoms. The van der Waals surface area contributed by atoms with Gasteiger partial charge in [-0.1, -0.05) is 29.5 Å². The van der Waals surface area contributed by atoms with Crippen LogP contribution in [-0.4, -0.2) is 54.7 Å². The molecular formula is C32H30ClF3N4O7S. The molecule has 254 valence electrons. The minimum Gasteiger partial charge on any atom is -0.481 e. The molecule has 11 nitrogen and oxygen atoms in total. The number of nitrogens with one attached hydrogen (secondary N) is 1. The maximum absolute atomic E-state index is 13.6. The SMILES string of the molecule is Nc1ncc(C(=O)N=S(=O)(CCCCC(=O)O)CCCCC(=O)O)cc1C#Cc1cccc(C(=O)Nc2ccc(Cl)c(C(F)(F)F)c2)c1. The second kappa shape index (κ2) is 16.8. The zero-order valence-corrected chi connectivity index (χ0v) is 26.8. The molecule has 0 saturated heterocycles. The molecule has 0 aliphatic carbocycles. The summed E-state index contributed by atoms with van der Waals surface area (Å²) < 4.78 is 57.1. The van der Waals surface area contributed by atoms with Crippen LogP contribution in [0.5, 0.6) is 0 Å². The number of nitrogen functional groups attached to an aromatic ring is 1. The molecule has 0 atom stereocenters. The molecule has 5 N–H and O–H groups in total. The maximum atomic E-state index is 13.6. The van der Waals surface area contributed by atoms with E-state index in [0.717, 1.165) is 18.3 Å². The lowest BCUT2D eigenvalue weighted by molar-refractivity contribution is -0.138. The Balaban J connectivity index is 1.81. The average Bonchev–Trinajstić information content (AvgIpc) is 3.01. The molecule has 3 aromatic rings.